The Kier molecular flexibility index (Phi) is 4.18. The molecule has 0 aliphatic rings. The van der Waals surface area contributed by atoms with Crippen molar-refractivity contribution in [1.29, 1.82) is 0 Å². The molecular formula is C11H18BNO2. The maximum absolute atomic E-state index is 9.31. The molecule has 1 unspecified atom stereocenters. The fourth-order valence-corrected chi connectivity index (χ4v) is 1.64. The van der Waals surface area contributed by atoms with Crippen LogP contribution in [-0.4, -0.2) is 32.2 Å². The highest BCUT2D eigenvalue weighted by atomic mass is 16.5. The maximum atomic E-state index is 9.31. The van der Waals surface area contributed by atoms with E-state index in [1.165, 1.54) is 5.46 Å². The summed E-state index contributed by atoms with van der Waals surface area (Å²) in [6.45, 7) is 4.49. The van der Waals surface area contributed by atoms with Crippen LogP contribution >= 0.6 is 0 Å². The number of benzene rings is 1. The smallest absolute Gasteiger partial charge is 0.139 e. The van der Waals surface area contributed by atoms with Gasteiger partial charge >= 0.3 is 0 Å². The van der Waals surface area contributed by atoms with Gasteiger partial charge in [-0.15, -0.1) is 0 Å². The van der Waals surface area contributed by atoms with E-state index >= 15 is 0 Å². The van der Waals surface area contributed by atoms with Gasteiger partial charge in [-0.2, -0.15) is 0 Å². The predicted molar refractivity (Wildman–Crippen MR) is 64.7 cm³/mol. The van der Waals surface area contributed by atoms with Crippen molar-refractivity contribution in [3.8, 4) is 5.75 Å². The molecule has 3 nitrogen and oxygen atoms in total. The van der Waals surface area contributed by atoms with Crippen molar-refractivity contribution in [3.63, 3.8) is 0 Å². The van der Waals surface area contributed by atoms with Crippen LogP contribution in [0.3, 0.4) is 0 Å². The first-order valence-corrected chi connectivity index (χ1v) is 5.13. The lowest BCUT2D eigenvalue weighted by Gasteiger charge is -2.15. The summed E-state index contributed by atoms with van der Waals surface area (Å²) >= 11 is 0. The lowest BCUT2D eigenvalue weighted by molar-refractivity contribution is 0.113. The lowest BCUT2D eigenvalue weighted by Crippen LogP contribution is -2.27. The number of nitrogens with two attached hydrogens (primary N) is 1. The number of ether oxygens (including phenoxy) is 1. The Morgan fingerprint density at radius 3 is 2.40 bits per heavy atom. The summed E-state index contributed by atoms with van der Waals surface area (Å²) in [5.41, 5.74) is 8.71. The fourth-order valence-electron chi connectivity index (χ4n) is 1.64. The minimum atomic E-state index is -0.592. The van der Waals surface area contributed by atoms with Gasteiger partial charge in [0.15, 0.2) is 0 Å². The number of hydrogen-bond donors (Lipinski definition) is 2. The Balaban J connectivity index is 2.77. The van der Waals surface area contributed by atoms with E-state index in [9.17, 15) is 5.11 Å². The van der Waals surface area contributed by atoms with Crippen molar-refractivity contribution < 1.29 is 9.84 Å². The van der Waals surface area contributed by atoms with Crippen LogP contribution in [0.5, 0.6) is 5.75 Å². The highest BCUT2D eigenvalue weighted by molar-refractivity contribution is 6.32. The average Bonchev–Trinajstić information content (AvgIpc) is 2.15. The van der Waals surface area contributed by atoms with Gasteiger partial charge in [-0.05, 0) is 25.0 Å². The second kappa shape index (κ2) is 5.19. The molecule has 82 valence electrons. The number of aliphatic hydroxyl groups is 1. The Labute approximate surface area is 91.7 Å². The minimum Gasteiger partial charge on any atom is -0.490 e. The zero-order chi connectivity index (χ0) is 11.4. The molecule has 0 saturated heterocycles. The van der Waals surface area contributed by atoms with E-state index < -0.39 is 6.10 Å². The van der Waals surface area contributed by atoms with Crippen LogP contribution in [0.25, 0.3) is 0 Å². The highest BCUT2D eigenvalue weighted by Gasteiger charge is 2.07. The van der Waals surface area contributed by atoms with Crippen molar-refractivity contribution in [1.82, 2.24) is 0 Å². The van der Waals surface area contributed by atoms with Gasteiger partial charge in [0, 0.05) is 6.54 Å². The summed E-state index contributed by atoms with van der Waals surface area (Å²) in [6.07, 6.45) is -0.592. The van der Waals surface area contributed by atoms with E-state index in [0.717, 1.165) is 16.9 Å². The summed E-state index contributed by atoms with van der Waals surface area (Å²) in [5, 5.41) is 9.31. The second-order valence-corrected chi connectivity index (χ2v) is 3.93. The van der Waals surface area contributed by atoms with E-state index in [4.69, 9.17) is 10.5 Å². The minimum absolute atomic E-state index is 0.226. The van der Waals surface area contributed by atoms with Gasteiger partial charge < -0.3 is 15.6 Å². The summed E-state index contributed by atoms with van der Waals surface area (Å²) < 4.78 is 5.55. The van der Waals surface area contributed by atoms with Crippen LogP contribution in [0.15, 0.2) is 12.1 Å². The molecule has 1 atom stereocenters. The van der Waals surface area contributed by atoms with Crippen molar-refractivity contribution in [2.75, 3.05) is 13.2 Å². The van der Waals surface area contributed by atoms with Gasteiger partial charge in [0.2, 0.25) is 0 Å². The molecule has 0 spiro atoms. The second-order valence-electron chi connectivity index (χ2n) is 3.93. The van der Waals surface area contributed by atoms with Crippen molar-refractivity contribution in [2.45, 2.75) is 20.0 Å². The Hall–Kier alpha value is -0.995. The van der Waals surface area contributed by atoms with Gasteiger partial charge in [-0.3, -0.25) is 0 Å². The molecule has 4 heteroatoms. The summed E-state index contributed by atoms with van der Waals surface area (Å²) in [7, 11) is 2.05. The predicted octanol–water partition coefficient (Wildman–Crippen LogP) is -0.740. The third-order valence-corrected chi connectivity index (χ3v) is 2.30. The van der Waals surface area contributed by atoms with Gasteiger partial charge in [0.1, 0.15) is 26.3 Å². The molecule has 0 radical (unpaired) electrons. The molecular weight excluding hydrogens is 189 g/mol. The molecule has 0 heterocycles. The first kappa shape index (κ1) is 12.1. The molecule has 0 saturated carbocycles. The lowest BCUT2D eigenvalue weighted by atomic mass is 9.92. The SMILES string of the molecule is Bc1cc(C)c(OCC(O)CN)c(C)c1. The normalized spacial score (nSPS) is 12.5. The molecule has 0 aliphatic heterocycles. The molecule has 1 aromatic rings. The van der Waals surface area contributed by atoms with E-state index in [-0.39, 0.29) is 13.2 Å². The molecule has 0 aliphatic carbocycles. The summed E-state index contributed by atoms with van der Waals surface area (Å²) in [5.74, 6) is 0.855. The van der Waals surface area contributed by atoms with Crippen LogP contribution in [0.2, 0.25) is 0 Å². The summed E-state index contributed by atoms with van der Waals surface area (Å²) in [4.78, 5) is 0. The zero-order valence-electron chi connectivity index (χ0n) is 9.58. The molecule has 0 fully saturated rings. The topological polar surface area (TPSA) is 55.5 Å². The zero-order valence-corrected chi connectivity index (χ0v) is 9.58. The molecule has 1 rings (SSSR count). The first-order chi connectivity index (χ1) is 7.04. The van der Waals surface area contributed by atoms with E-state index in [0.29, 0.717) is 0 Å². The Bertz CT molecular complexity index is 318. The van der Waals surface area contributed by atoms with Crippen LogP contribution < -0.4 is 15.9 Å². The summed E-state index contributed by atoms with van der Waals surface area (Å²) in [6, 6.07) is 4.13. The van der Waals surface area contributed by atoms with Crippen LogP contribution in [-0.2, 0) is 0 Å². The third kappa shape index (κ3) is 3.25. The van der Waals surface area contributed by atoms with E-state index in [1.54, 1.807) is 0 Å². The molecule has 3 N–H and O–H groups in total. The Morgan fingerprint density at radius 1 is 1.40 bits per heavy atom. The van der Waals surface area contributed by atoms with Gasteiger partial charge in [-0.1, -0.05) is 17.6 Å². The number of aliphatic hydroxyl groups excluding tert-OH is 1. The third-order valence-electron chi connectivity index (χ3n) is 2.30. The van der Waals surface area contributed by atoms with E-state index in [2.05, 4.69) is 20.0 Å². The van der Waals surface area contributed by atoms with Crippen molar-refractivity contribution in [3.05, 3.63) is 23.3 Å². The van der Waals surface area contributed by atoms with Crippen LogP contribution in [0.1, 0.15) is 11.1 Å². The van der Waals surface area contributed by atoms with E-state index in [1.807, 2.05) is 13.8 Å². The molecule has 15 heavy (non-hydrogen) atoms. The molecule has 0 bridgehead atoms. The number of hydrogen-bond acceptors (Lipinski definition) is 3. The van der Waals surface area contributed by atoms with Crippen LogP contribution in [0.4, 0.5) is 0 Å². The van der Waals surface area contributed by atoms with Gasteiger partial charge in [0.25, 0.3) is 0 Å². The highest BCUT2D eigenvalue weighted by Crippen LogP contribution is 2.21. The standard InChI is InChI=1S/C11H18BNO2/c1-7-3-9(12)4-8(2)11(7)15-6-10(14)5-13/h3-4,10,14H,5-6,12-13H2,1-2H3. The molecule has 0 amide bonds. The van der Waals surface area contributed by atoms with Crippen LogP contribution in [0, 0.1) is 13.8 Å². The number of aryl methyl sites for hydroxylation is 2. The fraction of sp³-hybridized carbons (Fsp3) is 0.455. The van der Waals surface area contributed by atoms with Gasteiger partial charge in [-0.25, -0.2) is 0 Å². The Morgan fingerprint density at radius 2 is 1.93 bits per heavy atom. The van der Waals surface area contributed by atoms with Crippen molar-refractivity contribution >= 4 is 13.3 Å². The maximum Gasteiger partial charge on any atom is 0.139 e. The molecule has 0 aromatic heterocycles. The van der Waals surface area contributed by atoms with Crippen molar-refractivity contribution in [2.24, 2.45) is 5.73 Å². The molecule has 1 aromatic carbocycles. The first-order valence-electron chi connectivity index (χ1n) is 5.13. The monoisotopic (exact) mass is 207 g/mol. The quantitative estimate of drug-likeness (QED) is 0.639. The van der Waals surface area contributed by atoms with Gasteiger partial charge in [0.05, 0.1) is 0 Å². The average molecular weight is 207 g/mol. The number of rotatable bonds is 4. The largest absolute Gasteiger partial charge is 0.490 e.